The monoisotopic (exact) mass is 644 g/mol. The minimum absolute atomic E-state index is 0.00481. The molecule has 45 heavy (non-hydrogen) atoms. The van der Waals surface area contributed by atoms with Crippen molar-refractivity contribution in [1.29, 1.82) is 0 Å². The summed E-state index contributed by atoms with van der Waals surface area (Å²) in [5, 5.41) is 27.9. The second-order valence-corrected chi connectivity index (χ2v) is 11.5. The Morgan fingerprint density at radius 2 is 1.36 bits per heavy atom. The number of amides is 1. The number of nitrogens with zero attached hydrogens (tertiary/aromatic N) is 8. The Bertz CT molecular complexity index is 1440. The van der Waals surface area contributed by atoms with E-state index in [0.29, 0.717) is 37.7 Å². The summed E-state index contributed by atoms with van der Waals surface area (Å²) in [7, 11) is 0. The zero-order valence-corrected chi connectivity index (χ0v) is 25.4. The maximum atomic E-state index is 13.3. The highest BCUT2D eigenvalue weighted by atomic mass is 19.4. The number of anilines is 1. The SMILES string of the molecule is CC(C)(C)N(C(=O)c1ncc(-c2nc(N3CCOCC3)c3ncn(CC(F)(F)F)c3n2)cn1)C(C)(C)C.O=C(O)O.O=C(O)O. The Labute approximate surface area is 255 Å². The molecule has 248 valence electrons. The number of carbonyl (C=O) groups is 3. The first-order valence-corrected chi connectivity index (χ1v) is 13.2. The van der Waals surface area contributed by atoms with Crippen LogP contribution in [0.3, 0.4) is 0 Å². The molecular weight excluding hydrogens is 609 g/mol. The Morgan fingerprint density at radius 3 is 1.80 bits per heavy atom. The van der Waals surface area contributed by atoms with E-state index in [1.807, 2.05) is 46.4 Å². The molecule has 1 aliphatic heterocycles. The topological polar surface area (TPSA) is 217 Å². The third kappa shape index (κ3) is 10.7. The summed E-state index contributed by atoms with van der Waals surface area (Å²) in [6.45, 7) is 12.3. The number of rotatable bonds is 4. The zero-order valence-electron chi connectivity index (χ0n) is 25.4. The van der Waals surface area contributed by atoms with Crippen molar-refractivity contribution in [3.63, 3.8) is 0 Å². The smallest absolute Gasteiger partial charge is 0.450 e. The number of hydrogen-bond donors (Lipinski definition) is 4. The summed E-state index contributed by atoms with van der Waals surface area (Å²) >= 11 is 0. The van der Waals surface area contributed by atoms with Crippen LogP contribution in [0.2, 0.25) is 0 Å². The van der Waals surface area contributed by atoms with E-state index in [4.69, 9.17) is 34.8 Å². The quantitative estimate of drug-likeness (QED) is 0.314. The third-order valence-corrected chi connectivity index (χ3v) is 5.75. The van der Waals surface area contributed by atoms with Gasteiger partial charge in [-0.2, -0.15) is 13.2 Å². The number of alkyl halides is 3. The average Bonchev–Trinajstić information content (AvgIpc) is 3.27. The number of carboxylic acid groups (broad SMARTS) is 4. The molecule has 4 N–H and O–H groups in total. The van der Waals surface area contributed by atoms with Crippen molar-refractivity contribution in [2.75, 3.05) is 31.2 Å². The maximum Gasteiger partial charge on any atom is 0.503 e. The molecular formula is C26H35F3N8O8. The van der Waals surface area contributed by atoms with Crippen LogP contribution in [0.4, 0.5) is 28.6 Å². The van der Waals surface area contributed by atoms with Crippen LogP contribution >= 0.6 is 0 Å². The molecule has 0 radical (unpaired) electrons. The minimum Gasteiger partial charge on any atom is -0.450 e. The predicted molar refractivity (Wildman–Crippen MR) is 152 cm³/mol. The van der Waals surface area contributed by atoms with Crippen LogP contribution < -0.4 is 4.90 Å². The number of aromatic nitrogens is 6. The van der Waals surface area contributed by atoms with Crippen molar-refractivity contribution in [3.05, 3.63) is 24.5 Å². The molecule has 19 heteroatoms. The van der Waals surface area contributed by atoms with Gasteiger partial charge in [0.15, 0.2) is 22.8 Å². The molecule has 1 fully saturated rings. The van der Waals surface area contributed by atoms with Crippen molar-refractivity contribution in [1.82, 2.24) is 34.4 Å². The molecule has 3 aromatic heterocycles. The molecule has 3 aromatic rings. The first kappa shape index (κ1) is 36.4. The summed E-state index contributed by atoms with van der Waals surface area (Å²) in [4.78, 5) is 55.8. The number of carbonyl (C=O) groups excluding carboxylic acids is 1. The van der Waals surface area contributed by atoms with Crippen LogP contribution in [0.1, 0.15) is 52.2 Å². The molecule has 0 atom stereocenters. The van der Waals surface area contributed by atoms with Gasteiger partial charge in [-0.05, 0) is 41.5 Å². The van der Waals surface area contributed by atoms with Gasteiger partial charge in [-0.15, -0.1) is 0 Å². The molecule has 0 spiro atoms. The lowest BCUT2D eigenvalue weighted by Gasteiger charge is -2.45. The Hall–Kier alpha value is -4.81. The van der Waals surface area contributed by atoms with Crippen LogP contribution in [0.5, 0.6) is 0 Å². The Kier molecular flexibility index (Phi) is 11.6. The molecule has 16 nitrogen and oxygen atoms in total. The van der Waals surface area contributed by atoms with E-state index in [0.717, 1.165) is 10.9 Å². The van der Waals surface area contributed by atoms with Crippen molar-refractivity contribution in [2.24, 2.45) is 0 Å². The number of ether oxygens (including phenoxy) is 1. The van der Waals surface area contributed by atoms with E-state index in [-0.39, 0.29) is 28.7 Å². The largest absolute Gasteiger partial charge is 0.503 e. The van der Waals surface area contributed by atoms with Crippen LogP contribution in [0.25, 0.3) is 22.6 Å². The Morgan fingerprint density at radius 1 is 0.867 bits per heavy atom. The summed E-state index contributed by atoms with van der Waals surface area (Å²) in [6.07, 6.45) is -4.17. The van der Waals surface area contributed by atoms with E-state index in [2.05, 4.69) is 24.9 Å². The number of halogens is 3. The summed E-state index contributed by atoms with van der Waals surface area (Å²) in [5.41, 5.74) is -0.264. The van der Waals surface area contributed by atoms with E-state index < -0.39 is 36.1 Å². The van der Waals surface area contributed by atoms with Crippen LogP contribution in [-0.2, 0) is 11.3 Å². The van der Waals surface area contributed by atoms with E-state index in [9.17, 15) is 18.0 Å². The summed E-state index contributed by atoms with van der Waals surface area (Å²) < 4.78 is 46.0. The standard InChI is InChI=1S/C24H31F3N8O2.2CH2O3/c1-22(2,3)35(23(4,5)6)21(36)18-28-11-15(12-29-18)17-31-19(33-7-9-37-10-8-33)16-20(32-17)34(14-30-16)13-24(25,26)27;2*2-1(3)4/h11-12,14H,7-10,13H2,1-6H3;2*(H2,2,3,4). The molecule has 0 saturated carbocycles. The normalized spacial score (nSPS) is 13.7. The lowest BCUT2D eigenvalue weighted by Crippen LogP contribution is -2.56. The number of hydrogen-bond acceptors (Lipinski definition) is 10. The Balaban J connectivity index is 0.000000789. The molecule has 0 bridgehead atoms. The van der Waals surface area contributed by atoms with Gasteiger partial charge < -0.3 is 39.5 Å². The fourth-order valence-electron chi connectivity index (χ4n) is 4.63. The highest BCUT2D eigenvalue weighted by Crippen LogP contribution is 2.30. The van der Waals surface area contributed by atoms with Crippen LogP contribution in [0.15, 0.2) is 18.7 Å². The zero-order chi connectivity index (χ0) is 34.3. The molecule has 0 unspecified atom stereocenters. The predicted octanol–water partition coefficient (Wildman–Crippen LogP) is 4.17. The third-order valence-electron chi connectivity index (χ3n) is 5.75. The van der Waals surface area contributed by atoms with Gasteiger partial charge >= 0.3 is 18.5 Å². The minimum atomic E-state index is -4.45. The van der Waals surface area contributed by atoms with Gasteiger partial charge in [0.25, 0.3) is 5.91 Å². The molecule has 1 amide bonds. The second kappa shape index (κ2) is 14.3. The van der Waals surface area contributed by atoms with Gasteiger partial charge in [-0.1, -0.05) is 0 Å². The first-order chi connectivity index (χ1) is 20.6. The molecule has 0 aromatic carbocycles. The van der Waals surface area contributed by atoms with Gasteiger partial charge in [-0.25, -0.2) is 34.5 Å². The van der Waals surface area contributed by atoms with Crippen LogP contribution in [-0.4, -0.2) is 117 Å². The van der Waals surface area contributed by atoms with Gasteiger partial charge in [0, 0.05) is 36.6 Å². The van der Waals surface area contributed by atoms with Crippen molar-refractivity contribution in [3.8, 4) is 11.4 Å². The number of imidazole rings is 1. The van der Waals surface area contributed by atoms with Gasteiger partial charge in [0.05, 0.1) is 25.1 Å². The van der Waals surface area contributed by atoms with Gasteiger partial charge in [-0.3, -0.25) is 4.79 Å². The van der Waals surface area contributed by atoms with Crippen molar-refractivity contribution in [2.45, 2.75) is 65.3 Å². The average molecular weight is 645 g/mol. The summed E-state index contributed by atoms with van der Waals surface area (Å²) in [6, 6.07) is 0. The highest BCUT2D eigenvalue weighted by molar-refractivity contribution is 5.92. The van der Waals surface area contributed by atoms with Crippen LogP contribution in [0, 0.1) is 0 Å². The molecule has 1 aliphatic rings. The molecule has 0 aliphatic carbocycles. The number of morpholine rings is 1. The van der Waals surface area contributed by atoms with E-state index in [1.54, 1.807) is 4.90 Å². The van der Waals surface area contributed by atoms with Gasteiger partial charge in [0.1, 0.15) is 6.54 Å². The lowest BCUT2D eigenvalue weighted by atomic mass is 9.95. The molecule has 4 rings (SSSR count). The fraction of sp³-hybridized carbons (Fsp3) is 0.538. The van der Waals surface area contributed by atoms with E-state index >= 15 is 0 Å². The highest BCUT2D eigenvalue weighted by Gasteiger charge is 2.37. The number of fused-ring (bicyclic) bond motifs is 1. The van der Waals surface area contributed by atoms with Crippen molar-refractivity contribution >= 4 is 35.2 Å². The van der Waals surface area contributed by atoms with Gasteiger partial charge in [0.2, 0.25) is 5.82 Å². The maximum absolute atomic E-state index is 13.3. The van der Waals surface area contributed by atoms with E-state index in [1.165, 1.54) is 12.4 Å². The lowest BCUT2D eigenvalue weighted by molar-refractivity contribution is -0.140. The second-order valence-electron chi connectivity index (χ2n) is 11.5. The molecule has 4 heterocycles. The first-order valence-electron chi connectivity index (χ1n) is 13.2. The molecule has 1 saturated heterocycles. The fourth-order valence-corrected chi connectivity index (χ4v) is 4.63. The summed E-state index contributed by atoms with van der Waals surface area (Å²) in [5.74, 6) is 0.224. The van der Waals surface area contributed by atoms with Crippen molar-refractivity contribution < 1.29 is 52.7 Å².